The topological polar surface area (TPSA) is 120 Å². The van der Waals surface area contributed by atoms with Crippen LogP contribution in [0.25, 0.3) is 0 Å². The normalized spacial score (nSPS) is 11.5. The van der Waals surface area contributed by atoms with E-state index >= 15 is 0 Å². The average molecular weight is 495 g/mol. The van der Waals surface area contributed by atoms with Crippen LogP contribution < -0.4 is 5.73 Å². The zero-order valence-electron chi connectivity index (χ0n) is 17.9. The minimum atomic E-state index is -4.06. The Morgan fingerprint density at radius 1 is 1.22 bits per heavy atom. The van der Waals surface area contributed by atoms with Gasteiger partial charge >= 0.3 is 0 Å². The Morgan fingerprint density at radius 3 is 2.47 bits per heavy atom. The number of nitrogens with zero attached hydrogens (tertiary/aromatic N) is 2. The van der Waals surface area contributed by atoms with Crippen LogP contribution in [0.2, 0.25) is 0 Å². The molecule has 3 rings (SSSR count). The Bertz CT molecular complexity index is 1150. The molecule has 1 aromatic heterocycles. The monoisotopic (exact) mass is 494 g/mol. The molecule has 0 spiro atoms. The van der Waals surface area contributed by atoms with Gasteiger partial charge in [0.15, 0.2) is 0 Å². The van der Waals surface area contributed by atoms with E-state index in [0.29, 0.717) is 17.3 Å². The molecule has 0 aliphatic carbocycles. The van der Waals surface area contributed by atoms with Gasteiger partial charge in [0.05, 0.1) is 6.54 Å². The minimum Gasteiger partial charge on any atom is -0.507 e. The summed E-state index contributed by atoms with van der Waals surface area (Å²) in [7, 11) is -4.06. The van der Waals surface area contributed by atoms with Gasteiger partial charge in [0.2, 0.25) is 10.0 Å². The summed E-state index contributed by atoms with van der Waals surface area (Å²) >= 11 is 1.37. The maximum absolute atomic E-state index is 13.5. The molecule has 0 aliphatic heterocycles. The van der Waals surface area contributed by atoms with E-state index in [1.54, 1.807) is 11.6 Å². The fourth-order valence-electron chi connectivity index (χ4n) is 3.12. The van der Waals surface area contributed by atoms with Gasteiger partial charge in [0, 0.05) is 23.7 Å². The second-order valence-corrected chi connectivity index (χ2v) is 10.4. The summed E-state index contributed by atoms with van der Waals surface area (Å²) in [6.07, 6.45) is 2.14. The lowest BCUT2D eigenvalue weighted by Crippen LogP contribution is -2.33. The van der Waals surface area contributed by atoms with Crippen LogP contribution in [0.4, 0.5) is 0 Å². The molecule has 4 N–H and O–H groups in total. The molecule has 0 fully saturated rings. The van der Waals surface area contributed by atoms with Gasteiger partial charge in [-0.25, -0.2) is 13.4 Å². The van der Waals surface area contributed by atoms with Crippen molar-refractivity contribution in [2.24, 2.45) is 5.73 Å². The SMILES string of the molecule is CC(C)c1ccc(CCN(Cc2nccs2)S(=O)(=O)c2cc(C(=N)N)ccc2O)cc1.Cl. The van der Waals surface area contributed by atoms with E-state index in [4.69, 9.17) is 11.1 Å². The molecule has 1 heterocycles. The number of phenols is 1. The summed E-state index contributed by atoms with van der Waals surface area (Å²) in [5.74, 6) is -0.226. The van der Waals surface area contributed by atoms with Gasteiger partial charge in [-0.1, -0.05) is 38.1 Å². The van der Waals surface area contributed by atoms with Crippen molar-refractivity contribution in [2.45, 2.75) is 37.6 Å². The number of amidine groups is 1. The molecule has 32 heavy (non-hydrogen) atoms. The van der Waals surface area contributed by atoms with Crippen molar-refractivity contribution >= 4 is 39.6 Å². The molecule has 0 radical (unpaired) electrons. The Kier molecular flexibility index (Phi) is 8.80. The van der Waals surface area contributed by atoms with Gasteiger partial charge in [-0.2, -0.15) is 4.31 Å². The van der Waals surface area contributed by atoms with Crippen molar-refractivity contribution in [3.63, 3.8) is 0 Å². The van der Waals surface area contributed by atoms with Crippen molar-refractivity contribution < 1.29 is 13.5 Å². The molecule has 2 aromatic carbocycles. The number of benzene rings is 2. The molecule has 0 atom stereocenters. The number of rotatable bonds is 9. The van der Waals surface area contributed by atoms with Crippen LogP contribution in [-0.2, 0) is 23.0 Å². The van der Waals surface area contributed by atoms with Crippen LogP contribution in [0.5, 0.6) is 5.75 Å². The Balaban J connectivity index is 0.00000363. The zero-order valence-corrected chi connectivity index (χ0v) is 20.3. The second kappa shape index (κ2) is 10.9. The molecule has 0 unspecified atom stereocenters. The van der Waals surface area contributed by atoms with E-state index in [2.05, 4.69) is 31.0 Å². The van der Waals surface area contributed by atoms with Crippen molar-refractivity contribution in [2.75, 3.05) is 6.54 Å². The van der Waals surface area contributed by atoms with Gasteiger partial charge in [0.1, 0.15) is 21.5 Å². The molecule has 0 amide bonds. The number of sulfonamides is 1. The molecule has 10 heteroatoms. The van der Waals surface area contributed by atoms with Crippen LogP contribution >= 0.6 is 23.7 Å². The number of nitrogen functional groups attached to an aromatic ring is 1. The van der Waals surface area contributed by atoms with Crippen LogP contribution in [-0.4, -0.2) is 35.2 Å². The van der Waals surface area contributed by atoms with Gasteiger partial charge in [0.25, 0.3) is 0 Å². The summed E-state index contributed by atoms with van der Waals surface area (Å²) in [6, 6.07) is 12.0. The van der Waals surface area contributed by atoms with E-state index in [1.165, 1.54) is 39.4 Å². The van der Waals surface area contributed by atoms with Crippen molar-refractivity contribution in [1.82, 2.24) is 9.29 Å². The lowest BCUT2D eigenvalue weighted by molar-refractivity contribution is 0.401. The third kappa shape index (κ3) is 6.07. The molecular formula is C22H27ClN4O3S2. The first kappa shape index (κ1) is 25.8. The Labute approximate surface area is 198 Å². The second-order valence-electron chi connectivity index (χ2n) is 7.51. The number of halogens is 1. The van der Waals surface area contributed by atoms with Crippen LogP contribution in [0, 0.1) is 5.41 Å². The maximum Gasteiger partial charge on any atom is 0.247 e. The fraction of sp³-hybridized carbons (Fsp3) is 0.273. The predicted molar refractivity (Wildman–Crippen MR) is 130 cm³/mol. The van der Waals surface area contributed by atoms with Crippen LogP contribution in [0.15, 0.2) is 58.9 Å². The number of thiazole rings is 1. The highest BCUT2D eigenvalue weighted by atomic mass is 35.5. The average Bonchev–Trinajstić information content (AvgIpc) is 3.24. The molecule has 0 saturated carbocycles. The van der Waals surface area contributed by atoms with E-state index in [1.807, 2.05) is 12.1 Å². The van der Waals surface area contributed by atoms with Crippen molar-refractivity contribution in [3.05, 3.63) is 75.7 Å². The Morgan fingerprint density at radius 2 is 1.91 bits per heavy atom. The number of nitrogens with two attached hydrogens (primary N) is 1. The molecule has 7 nitrogen and oxygen atoms in total. The number of aromatic nitrogens is 1. The number of nitrogens with one attached hydrogen (secondary N) is 1. The van der Waals surface area contributed by atoms with E-state index < -0.39 is 10.0 Å². The lowest BCUT2D eigenvalue weighted by atomic mass is 10.0. The van der Waals surface area contributed by atoms with Gasteiger partial charge in [-0.15, -0.1) is 23.7 Å². The largest absolute Gasteiger partial charge is 0.507 e. The van der Waals surface area contributed by atoms with Crippen LogP contribution in [0.1, 0.15) is 41.5 Å². The first-order chi connectivity index (χ1) is 14.7. The first-order valence-electron chi connectivity index (χ1n) is 9.83. The summed E-state index contributed by atoms with van der Waals surface area (Å²) in [5, 5.41) is 20.3. The maximum atomic E-state index is 13.5. The highest BCUT2D eigenvalue weighted by Crippen LogP contribution is 2.28. The minimum absolute atomic E-state index is 0. The highest BCUT2D eigenvalue weighted by Gasteiger charge is 2.28. The van der Waals surface area contributed by atoms with Crippen molar-refractivity contribution in [3.8, 4) is 5.75 Å². The molecule has 0 aliphatic rings. The fourth-order valence-corrected chi connectivity index (χ4v) is 5.34. The smallest absolute Gasteiger partial charge is 0.247 e. The summed E-state index contributed by atoms with van der Waals surface area (Å²) in [6.45, 7) is 4.55. The molecule has 0 bridgehead atoms. The van der Waals surface area contributed by atoms with Crippen LogP contribution in [0.3, 0.4) is 0 Å². The van der Waals surface area contributed by atoms with Gasteiger partial charge in [-0.05, 0) is 41.7 Å². The third-order valence-electron chi connectivity index (χ3n) is 4.98. The number of phenolic OH excluding ortho intramolecular Hbond substituents is 1. The summed E-state index contributed by atoms with van der Waals surface area (Å²) in [5.41, 5.74) is 7.99. The Hall–Kier alpha value is -2.46. The van der Waals surface area contributed by atoms with Gasteiger partial charge in [-0.3, -0.25) is 5.41 Å². The molecular weight excluding hydrogens is 468 g/mol. The molecule has 172 valence electrons. The first-order valence-corrected chi connectivity index (χ1v) is 12.1. The van der Waals surface area contributed by atoms with E-state index in [9.17, 15) is 13.5 Å². The molecule has 0 saturated heterocycles. The number of hydrogen-bond donors (Lipinski definition) is 3. The van der Waals surface area contributed by atoms with E-state index in [0.717, 1.165) is 5.56 Å². The highest BCUT2D eigenvalue weighted by molar-refractivity contribution is 7.89. The van der Waals surface area contributed by atoms with Crippen molar-refractivity contribution in [1.29, 1.82) is 5.41 Å². The summed E-state index contributed by atoms with van der Waals surface area (Å²) in [4.78, 5) is 3.94. The quantitative estimate of drug-likeness (QED) is 0.305. The summed E-state index contributed by atoms with van der Waals surface area (Å²) < 4.78 is 28.2. The zero-order chi connectivity index (χ0) is 22.6. The molecule has 3 aromatic rings. The third-order valence-corrected chi connectivity index (χ3v) is 7.62. The van der Waals surface area contributed by atoms with Gasteiger partial charge < -0.3 is 10.8 Å². The van der Waals surface area contributed by atoms with E-state index in [-0.39, 0.29) is 47.5 Å². The lowest BCUT2D eigenvalue weighted by Gasteiger charge is -2.22. The predicted octanol–water partition coefficient (Wildman–Crippen LogP) is 4.11. The number of aromatic hydroxyl groups is 1. The number of hydrogen-bond acceptors (Lipinski definition) is 6. The standard InChI is InChI=1S/C22H26N4O3S2.ClH/c1-15(2)17-5-3-16(4-6-17)9-11-26(14-21-25-10-12-30-21)31(28,29)20-13-18(22(23)24)7-8-19(20)27;/h3-8,10,12-13,15,27H,9,11,14H2,1-2H3,(H3,23,24);1H.